The van der Waals surface area contributed by atoms with Crippen molar-refractivity contribution in [1.29, 1.82) is 0 Å². The SMILES string of the molecule is Cc1cccc(C(=O)Nc2nc3cc(CN4CCN(CCOc5ccc6c(c5)C(=O)N(C5CCC(=O)NC5=O)C6=O)CC4)ccc3n2C2CCC(CO)CC2)c1.Cc1cccc(C(=O)Nc2nc3cc(CN4CCNCC4)ccc3n2C2CCC(CO)CC2)c1.O=CCOc1ccc2c(c1)C(=O)N(C1CCC(=O)NC1=O)C2=O. The smallest absolute Gasteiger partial charge is 0.262 e. The molecule has 2 aliphatic carbocycles. The molecule has 8 aliphatic rings. The summed E-state index contributed by atoms with van der Waals surface area (Å²) in [5.74, 6) is -2.12. The van der Waals surface area contributed by atoms with Gasteiger partial charge < -0.3 is 34.1 Å². The van der Waals surface area contributed by atoms with Gasteiger partial charge in [-0.2, -0.15) is 0 Å². The van der Waals surface area contributed by atoms with Gasteiger partial charge in [0.05, 0.1) is 44.3 Å². The molecule has 16 rings (SSSR count). The summed E-state index contributed by atoms with van der Waals surface area (Å²) >= 11 is 0. The molecular weight excluding hydrogens is 1450 g/mol. The number of aryl methyl sites for hydroxylation is 2. The number of rotatable bonds is 21. The fraction of sp³-hybridized carbons (Fsp3) is 0.417. The van der Waals surface area contributed by atoms with E-state index in [-0.39, 0.29) is 97.4 Å². The molecule has 2 atom stereocenters. The van der Waals surface area contributed by atoms with E-state index < -0.39 is 59.3 Å². The Balaban J connectivity index is 0.000000157. The monoisotopic (exact) mass is 1540 g/mol. The van der Waals surface area contributed by atoms with Crippen LogP contribution >= 0.6 is 0 Å². The Morgan fingerprint density at radius 1 is 0.496 bits per heavy atom. The van der Waals surface area contributed by atoms with Crippen LogP contribution in [0.2, 0.25) is 0 Å². The number of imidazole rings is 2. The molecule has 2 unspecified atom stereocenters. The van der Waals surface area contributed by atoms with E-state index in [1.807, 2.05) is 62.4 Å². The summed E-state index contributed by atoms with van der Waals surface area (Å²) in [6, 6.07) is 35.6. The van der Waals surface area contributed by atoms with Gasteiger partial charge in [0.15, 0.2) is 6.29 Å². The molecule has 29 nitrogen and oxygen atoms in total. The van der Waals surface area contributed by atoms with Gasteiger partial charge in [0, 0.05) is 121 Å². The maximum atomic E-state index is 13.4. The van der Waals surface area contributed by atoms with Gasteiger partial charge in [0.1, 0.15) is 36.8 Å². The Morgan fingerprint density at radius 2 is 0.929 bits per heavy atom. The van der Waals surface area contributed by atoms with Gasteiger partial charge in [-0.25, -0.2) is 9.97 Å². The number of hydrogen-bond acceptors (Lipinski definition) is 21. The van der Waals surface area contributed by atoms with Gasteiger partial charge in [-0.05, 0) is 186 Å². The lowest BCUT2D eigenvalue weighted by molar-refractivity contribution is -0.137. The van der Waals surface area contributed by atoms with Gasteiger partial charge in [-0.15, -0.1) is 0 Å². The summed E-state index contributed by atoms with van der Waals surface area (Å²) in [5, 5.41) is 33.3. The first-order chi connectivity index (χ1) is 54.8. The minimum atomic E-state index is -1.00. The van der Waals surface area contributed by atoms with Crippen molar-refractivity contribution in [2.45, 2.75) is 128 Å². The van der Waals surface area contributed by atoms with E-state index >= 15 is 0 Å². The zero-order valence-electron chi connectivity index (χ0n) is 63.4. The van der Waals surface area contributed by atoms with Crippen LogP contribution in [-0.2, 0) is 37.1 Å². The number of fused-ring (bicyclic) bond motifs is 4. The van der Waals surface area contributed by atoms with Crippen molar-refractivity contribution in [3.63, 3.8) is 0 Å². The molecule has 4 saturated heterocycles. The van der Waals surface area contributed by atoms with Gasteiger partial charge >= 0.3 is 0 Å². The average Bonchev–Trinajstić information content (AvgIpc) is 1.60. The van der Waals surface area contributed by atoms with Crippen LogP contribution in [0.4, 0.5) is 11.9 Å². The number of aliphatic hydroxyl groups excluding tert-OH is 2. The van der Waals surface area contributed by atoms with E-state index in [1.165, 1.54) is 23.8 Å². The number of nitrogens with one attached hydrogen (secondary N) is 5. The number of piperidine rings is 2. The number of aliphatic hydroxyl groups is 2. The van der Waals surface area contributed by atoms with Crippen LogP contribution in [-0.4, -0.2) is 217 Å². The number of imide groups is 4. The summed E-state index contributed by atoms with van der Waals surface area (Å²) in [7, 11) is 0. The molecule has 10 amide bonds. The first-order valence-electron chi connectivity index (χ1n) is 39.1. The Hall–Kier alpha value is -11.2. The van der Waals surface area contributed by atoms with E-state index in [9.17, 15) is 63.0 Å². The summed E-state index contributed by atoms with van der Waals surface area (Å²) < 4.78 is 15.5. The Labute approximate surface area is 652 Å². The second-order valence-electron chi connectivity index (χ2n) is 30.4. The molecule has 590 valence electrons. The largest absolute Gasteiger partial charge is 0.492 e. The Bertz CT molecular complexity index is 4990. The van der Waals surface area contributed by atoms with Crippen molar-refractivity contribution in [3.05, 3.63) is 177 Å². The number of hydrogen-bond donors (Lipinski definition) is 7. The van der Waals surface area contributed by atoms with Crippen LogP contribution in [0.3, 0.4) is 0 Å². The topological polar surface area (TPSA) is 359 Å². The van der Waals surface area contributed by atoms with Crippen molar-refractivity contribution in [2.24, 2.45) is 11.8 Å². The second-order valence-corrected chi connectivity index (χ2v) is 30.4. The number of amides is 10. The average molecular weight is 1540 g/mol. The third-order valence-corrected chi connectivity index (χ3v) is 22.7. The van der Waals surface area contributed by atoms with Crippen molar-refractivity contribution < 1.29 is 72.4 Å². The molecular formula is C84H94N14O15. The standard InChI is InChI=1S/C42H47N7O7.C27H35N5O2.C15H12N2O6/c1-26-3-2-4-29(21-26)38(52)45-42-43-34-22-28(7-12-35(34)48(42)30-8-5-27(25-50)6-9-30)24-47-17-15-46(16-18-47)19-20-56-31-10-11-32-33(23-31)41(55)49(40(32)54)36-13-14-37(51)44-39(36)53;1-19-3-2-4-22(15-19)26(34)30-27-29-24-16-21(17-31-13-11-28-12-14-31)7-10-25(24)32(27)23-8-5-20(18-33)6-9-23;18-5-6-23-8-1-2-9-10(7-8)15(22)17(14(9)21)11-3-4-12(19)16-13(11)20/h2-4,7,10-12,21-23,27,30,36,50H,5-6,8-9,13-20,24-25H2,1H3,(H,43,45,52)(H,44,51,53);2-4,7,10,15-16,20,23,28,33H,5-6,8-9,11-14,17-18H2,1H3,(H,29,30,34);1-2,5,7,11H,3-4,6H2,(H,16,19,20). The normalized spacial score (nSPS) is 21.6. The van der Waals surface area contributed by atoms with Crippen LogP contribution in [0.25, 0.3) is 22.1 Å². The molecule has 8 aromatic rings. The zero-order chi connectivity index (χ0) is 79.0. The number of benzene rings is 6. The third-order valence-electron chi connectivity index (χ3n) is 22.7. The highest BCUT2D eigenvalue weighted by atomic mass is 16.5. The lowest BCUT2D eigenvalue weighted by atomic mass is 9.86. The Kier molecular flexibility index (Phi) is 24.5. The summed E-state index contributed by atoms with van der Waals surface area (Å²) in [5.41, 5.74) is 10.3. The first kappa shape index (κ1) is 78.5. The quantitative estimate of drug-likeness (QED) is 0.0274. The molecule has 6 aromatic carbocycles. The van der Waals surface area contributed by atoms with Gasteiger partial charge in [-0.3, -0.25) is 98.5 Å². The summed E-state index contributed by atoms with van der Waals surface area (Å²) in [6.45, 7) is 14.7. The lowest BCUT2D eigenvalue weighted by Crippen LogP contribution is -2.54. The minimum Gasteiger partial charge on any atom is -0.492 e. The van der Waals surface area contributed by atoms with Crippen molar-refractivity contribution in [2.75, 3.05) is 96.0 Å². The molecule has 6 fully saturated rings. The predicted molar refractivity (Wildman–Crippen MR) is 417 cm³/mol. The molecule has 8 heterocycles. The van der Waals surface area contributed by atoms with E-state index in [2.05, 4.69) is 86.8 Å². The maximum Gasteiger partial charge on any atom is 0.262 e. The molecule has 0 radical (unpaired) electrons. The van der Waals surface area contributed by atoms with Crippen LogP contribution in [0.5, 0.6) is 11.5 Å². The number of aromatic nitrogens is 4. The van der Waals surface area contributed by atoms with E-state index in [4.69, 9.17) is 19.4 Å². The van der Waals surface area contributed by atoms with Crippen LogP contribution in [0.15, 0.2) is 121 Å². The molecule has 0 bridgehead atoms. The van der Waals surface area contributed by atoms with Gasteiger partial charge in [0.2, 0.25) is 35.5 Å². The fourth-order valence-electron chi connectivity index (χ4n) is 16.6. The lowest BCUT2D eigenvalue weighted by Gasteiger charge is -2.34. The second kappa shape index (κ2) is 35.2. The highest BCUT2D eigenvalue weighted by Gasteiger charge is 2.47. The van der Waals surface area contributed by atoms with E-state index in [0.29, 0.717) is 60.0 Å². The molecule has 2 saturated carbocycles. The summed E-state index contributed by atoms with van der Waals surface area (Å²) in [4.78, 5) is 154. The van der Waals surface area contributed by atoms with Crippen molar-refractivity contribution >= 4 is 99.3 Å². The highest BCUT2D eigenvalue weighted by Crippen LogP contribution is 2.40. The van der Waals surface area contributed by atoms with Crippen molar-refractivity contribution in [1.82, 2.24) is 59.6 Å². The van der Waals surface area contributed by atoms with Gasteiger partial charge in [-0.1, -0.05) is 47.5 Å². The number of ether oxygens (including phenoxy) is 2. The number of piperazine rings is 2. The van der Waals surface area contributed by atoms with Crippen LogP contribution in [0.1, 0.15) is 174 Å². The first-order valence-corrected chi connectivity index (χ1v) is 39.1. The molecule has 113 heavy (non-hydrogen) atoms. The number of anilines is 2. The Morgan fingerprint density at radius 3 is 1.36 bits per heavy atom. The number of aldehydes is 1. The summed E-state index contributed by atoms with van der Waals surface area (Å²) in [6.07, 6.45) is 8.57. The molecule has 0 spiro atoms. The zero-order valence-corrected chi connectivity index (χ0v) is 63.4. The van der Waals surface area contributed by atoms with E-state index in [1.54, 1.807) is 18.2 Å². The maximum absolute atomic E-state index is 13.4. The predicted octanol–water partition coefficient (Wildman–Crippen LogP) is 7.31. The molecule has 7 N–H and O–H groups in total. The highest BCUT2D eigenvalue weighted by molar-refractivity contribution is 6.24. The van der Waals surface area contributed by atoms with Crippen LogP contribution in [0, 0.1) is 25.7 Å². The van der Waals surface area contributed by atoms with Crippen LogP contribution < -0.4 is 36.1 Å². The number of carbonyl (C=O) groups excluding carboxylic acids is 11. The molecule has 2 aromatic heterocycles. The number of carbonyl (C=O) groups is 11. The minimum absolute atomic E-state index is 0.0670. The van der Waals surface area contributed by atoms with Crippen molar-refractivity contribution in [3.8, 4) is 11.5 Å². The molecule has 29 heteroatoms. The van der Waals surface area contributed by atoms with Gasteiger partial charge in [0.25, 0.3) is 35.4 Å². The van der Waals surface area contributed by atoms with E-state index in [0.717, 1.165) is 165 Å². The molecule has 6 aliphatic heterocycles. The third kappa shape index (κ3) is 17.8. The number of nitrogens with zero attached hydrogens (tertiary/aromatic N) is 9. The fourth-order valence-corrected chi connectivity index (χ4v) is 16.6.